The van der Waals surface area contributed by atoms with Gasteiger partial charge in [0.15, 0.2) is 0 Å². The number of benzene rings is 2. The van der Waals surface area contributed by atoms with Crippen LogP contribution >= 0.6 is 0 Å². The fourth-order valence-electron chi connectivity index (χ4n) is 3.42. The maximum atomic E-state index is 12.5. The van der Waals surface area contributed by atoms with Crippen LogP contribution in [0.15, 0.2) is 54.6 Å². The molecule has 0 atom stereocenters. The number of hydrogen-bond donors (Lipinski definition) is 2. The van der Waals surface area contributed by atoms with E-state index in [1.54, 1.807) is 12.0 Å². The third-order valence-electron chi connectivity index (χ3n) is 5.05. The number of ether oxygens (including phenoxy) is 1. The molecule has 1 heterocycles. The molecular weight excluding hydrogens is 354 g/mol. The highest BCUT2D eigenvalue weighted by atomic mass is 16.5. The highest BCUT2D eigenvalue weighted by Crippen LogP contribution is 2.19. The van der Waals surface area contributed by atoms with Gasteiger partial charge in [0.1, 0.15) is 0 Å². The van der Waals surface area contributed by atoms with Crippen LogP contribution in [0.1, 0.15) is 24.0 Å². The van der Waals surface area contributed by atoms with Crippen molar-refractivity contribution in [2.45, 2.75) is 26.0 Å². The van der Waals surface area contributed by atoms with E-state index in [1.807, 2.05) is 54.6 Å². The molecule has 0 bridgehead atoms. The van der Waals surface area contributed by atoms with Gasteiger partial charge in [0.2, 0.25) is 5.91 Å². The maximum Gasteiger partial charge on any atom is 0.321 e. The van der Waals surface area contributed by atoms with E-state index in [0.29, 0.717) is 39.1 Å². The Balaban J connectivity index is 1.45. The van der Waals surface area contributed by atoms with E-state index < -0.39 is 0 Å². The summed E-state index contributed by atoms with van der Waals surface area (Å²) < 4.78 is 5.21. The SMILES string of the molecule is COCc1ccccc1CNC(=O)C1CCN(C(=O)Nc2ccccc2)CC1. The molecule has 0 aliphatic carbocycles. The van der Waals surface area contributed by atoms with Crippen molar-refractivity contribution < 1.29 is 14.3 Å². The first-order valence-corrected chi connectivity index (χ1v) is 9.62. The molecule has 6 heteroatoms. The number of urea groups is 1. The van der Waals surface area contributed by atoms with Gasteiger partial charge in [-0.2, -0.15) is 0 Å². The molecule has 0 radical (unpaired) electrons. The molecule has 0 saturated carbocycles. The summed E-state index contributed by atoms with van der Waals surface area (Å²) in [6.45, 7) is 2.18. The Kier molecular flexibility index (Phi) is 7.03. The van der Waals surface area contributed by atoms with E-state index in [1.165, 1.54) is 0 Å². The van der Waals surface area contributed by atoms with Crippen molar-refractivity contribution in [2.75, 3.05) is 25.5 Å². The molecule has 1 saturated heterocycles. The minimum absolute atomic E-state index is 0.0512. The third kappa shape index (κ3) is 5.33. The number of carbonyl (C=O) groups is 2. The molecule has 1 aliphatic heterocycles. The van der Waals surface area contributed by atoms with Gasteiger partial charge in [-0.15, -0.1) is 0 Å². The molecular formula is C22H27N3O3. The Bertz CT molecular complexity index is 787. The number of piperidine rings is 1. The molecule has 3 amide bonds. The quantitative estimate of drug-likeness (QED) is 0.806. The predicted octanol–water partition coefficient (Wildman–Crippen LogP) is 3.39. The van der Waals surface area contributed by atoms with Crippen molar-refractivity contribution >= 4 is 17.6 Å². The van der Waals surface area contributed by atoms with E-state index >= 15 is 0 Å². The normalized spacial score (nSPS) is 14.5. The first-order chi connectivity index (χ1) is 13.7. The zero-order valence-electron chi connectivity index (χ0n) is 16.2. The number of para-hydroxylation sites is 1. The lowest BCUT2D eigenvalue weighted by molar-refractivity contribution is -0.126. The number of nitrogens with one attached hydrogen (secondary N) is 2. The van der Waals surface area contributed by atoms with Crippen LogP contribution < -0.4 is 10.6 Å². The number of nitrogens with zero attached hydrogens (tertiary/aromatic N) is 1. The number of hydrogen-bond acceptors (Lipinski definition) is 3. The molecule has 1 aliphatic rings. The fourth-order valence-corrected chi connectivity index (χ4v) is 3.42. The Labute approximate surface area is 165 Å². The fraction of sp³-hybridized carbons (Fsp3) is 0.364. The minimum Gasteiger partial charge on any atom is -0.380 e. The van der Waals surface area contributed by atoms with Gasteiger partial charge in [0.25, 0.3) is 0 Å². The number of rotatable bonds is 6. The van der Waals surface area contributed by atoms with Gasteiger partial charge in [0.05, 0.1) is 6.61 Å². The molecule has 2 aromatic rings. The minimum atomic E-state index is -0.112. The molecule has 3 rings (SSSR count). The monoisotopic (exact) mass is 381 g/mol. The van der Waals surface area contributed by atoms with E-state index in [0.717, 1.165) is 16.8 Å². The van der Waals surface area contributed by atoms with E-state index in [-0.39, 0.29) is 17.9 Å². The summed E-state index contributed by atoms with van der Waals surface area (Å²) in [6, 6.07) is 17.2. The lowest BCUT2D eigenvalue weighted by Crippen LogP contribution is -2.44. The molecule has 6 nitrogen and oxygen atoms in total. The van der Waals surface area contributed by atoms with Crippen LogP contribution in [0, 0.1) is 5.92 Å². The second-order valence-electron chi connectivity index (χ2n) is 6.98. The summed E-state index contributed by atoms with van der Waals surface area (Å²) in [5.41, 5.74) is 2.93. The van der Waals surface area contributed by atoms with Crippen molar-refractivity contribution in [3.05, 3.63) is 65.7 Å². The Morgan fingerprint density at radius 3 is 2.32 bits per heavy atom. The average Bonchev–Trinajstić information content (AvgIpc) is 2.74. The predicted molar refractivity (Wildman–Crippen MR) is 109 cm³/mol. The van der Waals surface area contributed by atoms with Crippen LogP contribution in [0.3, 0.4) is 0 Å². The Morgan fingerprint density at radius 2 is 1.64 bits per heavy atom. The van der Waals surface area contributed by atoms with Crippen LogP contribution in [0.5, 0.6) is 0 Å². The standard InChI is InChI=1S/C22H27N3O3/c1-28-16-19-8-6-5-7-18(19)15-23-21(26)17-11-13-25(14-12-17)22(27)24-20-9-3-2-4-10-20/h2-10,17H,11-16H2,1H3,(H,23,26)(H,24,27). The highest BCUT2D eigenvalue weighted by Gasteiger charge is 2.27. The zero-order valence-corrected chi connectivity index (χ0v) is 16.2. The van der Waals surface area contributed by atoms with Gasteiger partial charge in [-0.05, 0) is 36.1 Å². The molecule has 28 heavy (non-hydrogen) atoms. The van der Waals surface area contributed by atoms with Crippen LogP contribution in [0.2, 0.25) is 0 Å². The highest BCUT2D eigenvalue weighted by molar-refractivity contribution is 5.89. The summed E-state index contributed by atoms with van der Waals surface area (Å²) in [5, 5.41) is 5.93. The van der Waals surface area contributed by atoms with Crippen LogP contribution in [-0.4, -0.2) is 37.0 Å². The van der Waals surface area contributed by atoms with Crippen LogP contribution in [0.4, 0.5) is 10.5 Å². The van der Waals surface area contributed by atoms with Gasteiger partial charge in [-0.3, -0.25) is 4.79 Å². The second-order valence-corrected chi connectivity index (χ2v) is 6.98. The van der Waals surface area contributed by atoms with E-state index in [9.17, 15) is 9.59 Å². The van der Waals surface area contributed by atoms with E-state index in [4.69, 9.17) is 4.74 Å². The summed E-state index contributed by atoms with van der Waals surface area (Å²) >= 11 is 0. The van der Waals surface area contributed by atoms with Gasteiger partial charge in [0, 0.05) is 38.3 Å². The van der Waals surface area contributed by atoms with Crippen LogP contribution in [-0.2, 0) is 22.7 Å². The van der Waals surface area contributed by atoms with Gasteiger partial charge < -0.3 is 20.3 Å². The van der Waals surface area contributed by atoms with Crippen molar-refractivity contribution in [1.29, 1.82) is 0 Å². The summed E-state index contributed by atoms with van der Waals surface area (Å²) in [7, 11) is 1.66. The van der Waals surface area contributed by atoms with Crippen molar-refractivity contribution in [1.82, 2.24) is 10.2 Å². The molecule has 0 spiro atoms. The number of methoxy groups -OCH3 is 1. The Hall–Kier alpha value is -2.86. The lowest BCUT2D eigenvalue weighted by atomic mass is 9.96. The van der Waals surface area contributed by atoms with Crippen LogP contribution in [0.25, 0.3) is 0 Å². The lowest BCUT2D eigenvalue weighted by Gasteiger charge is -2.31. The smallest absolute Gasteiger partial charge is 0.321 e. The number of anilines is 1. The zero-order chi connectivity index (χ0) is 19.8. The summed E-state index contributed by atoms with van der Waals surface area (Å²) in [6.07, 6.45) is 1.35. The first kappa shape index (κ1) is 19.9. The van der Waals surface area contributed by atoms with Gasteiger partial charge in [-0.1, -0.05) is 42.5 Å². The molecule has 0 aromatic heterocycles. The molecule has 1 fully saturated rings. The Morgan fingerprint density at radius 1 is 1.00 bits per heavy atom. The average molecular weight is 381 g/mol. The van der Waals surface area contributed by atoms with Crippen molar-refractivity contribution in [3.8, 4) is 0 Å². The second kappa shape index (κ2) is 9.90. The number of likely N-dealkylation sites (tertiary alicyclic amines) is 1. The largest absolute Gasteiger partial charge is 0.380 e. The number of carbonyl (C=O) groups excluding carboxylic acids is 2. The van der Waals surface area contributed by atoms with E-state index in [2.05, 4.69) is 10.6 Å². The molecule has 2 N–H and O–H groups in total. The first-order valence-electron chi connectivity index (χ1n) is 9.62. The van der Waals surface area contributed by atoms with Gasteiger partial charge in [-0.25, -0.2) is 4.79 Å². The van der Waals surface area contributed by atoms with Crippen molar-refractivity contribution in [3.63, 3.8) is 0 Å². The molecule has 2 aromatic carbocycles. The summed E-state index contributed by atoms with van der Waals surface area (Å²) in [4.78, 5) is 26.7. The van der Waals surface area contributed by atoms with Gasteiger partial charge >= 0.3 is 6.03 Å². The topological polar surface area (TPSA) is 70.7 Å². The molecule has 0 unspecified atom stereocenters. The third-order valence-corrected chi connectivity index (χ3v) is 5.05. The number of amides is 3. The maximum absolute atomic E-state index is 12.5. The van der Waals surface area contributed by atoms with Crippen molar-refractivity contribution in [2.24, 2.45) is 5.92 Å². The molecule has 148 valence electrons. The summed E-state index contributed by atoms with van der Waals surface area (Å²) in [5.74, 6) is -0.00861.